The van der Waals surface area contributed by atoms with Gasteiger partial charge >= 0.3 is 0 Å². The molecule has 3 amide bonds. The number of ether oxygens (including phenoxy) is 6. The van der Waals surface area contributed by atoms with Crippen molar-refractivity contribution < 1.29 is 42.8 Å². The molecule has 4 N–H and O–H groups in total. The highest BCUT2D eigenvalue weighted by Crippen LogP contribution is 2.65. The molecule has 0 radical (unpaired) electrons. The molecular formula is C79H112BrN7O9S2. The molecular weight excluding hydrogens is 1330 g/mol. The number of nitrogens with one attached hydrogen (secondary N) is 2. The highest BCUT2D eigenvalue weighted by Gasteiger charge is 2.70. The first-order chi connectivity index (χ1) is 47.1. The molecule has 3 aromatic carbocycles. The molecule has 3 aromatic rings. The van der Waals surface area contributed by atoms with Crippen molar-refractivity contribution in [2.75, 3.05) is 41.2 Å². The van der Waals surface area contributed by atoms with Gasteiger partial charge in [-0.3, -0.25) is 24.2 Å². The van der Waals surface area contributed by atoms with Crippen molar-refractivity contribution in [3.05, 3.63) is 88.0 Å². The van der Waals surface area contributed by atoms with Gasteiger partial charge in [0.2, 0.25) is 0 Å². The predicted octanol–water partition coefficient (Wildman–Crippen LogP) is 15.1. The monoisotopic (exact) mass is 1450 g/mol. The summed E-state index contributed by atoms with van der Waals surface area (Å²) in [6.07, 6.45) is 26.5. The fourth-order valence-electron chi connectivity index (χ4n) is 17.7. The third-order valence-corrected chi connectivity index (χ3v) is 27.1. The molecule has 0 bridgehead atoms. The van der Waals surface area contributed by atoms with E-state index in [-0.39, 0.29) is 64.4 Å². The number of nitrogens with zero attached hydrogens (tertiary/aromatic N) is 4. The van der Waals surface area contributed by atoms with E-state index in [9.17, 15) is 14.4 Å². The Bertz CT molecular complexity index is 3460. The van der Waals surface area contributed by atoms with Gasteiger partial charge in [-0.25, -0.2) is 9.98 Å². The zero-order valence-corrected chi connectivity index (χ0v) is 63.7. The van der Waals surface area contributed by atoms with Gasteiger partial charge in [-0.15, -0.1) is 0 Å². The minimum atomic E-state index is -0.937. The van der Waals surface area contributed by atoms with Crippen LogP contribution in [0.2, 0.25) is 0 Å². The number of hydrogen-bond donors (Lipinski definition) is 3. The van der Waals surface area contributed by atoms with Crippen molar-refractivity contribution in [1.82, 2.24) is 20.4 Å². The van der Waals surface area contributed by atoms with Crippen LogP contribution in [-0.2, 0) is 64.5 Å². The van der Waals surface area contributed by atoms with Gasteiger partial charge in [0, 0.05) is 59.7 Å². The van der Waals surface area contributed by atoms with Crippen molar-refractivity contribution in [3.63, 3.8) is 0 Å². The molecule has 15 rings (SSSR count). The number of halogens is 1. The third kappa shape index (κ3) is 13.6. The molecule has 19 heteroatoms. The van der Waals surface area contributed by atoms with Gasteiger partial charge in [0.25, 0.3) is 17.7 Å². The second-order valence-electron chi connectivity index (χ2n) is 31.2. The van der Waals surface area contributed by atoms with E-state index in [2.05, 4.69) is 137 Å². The SMILES string of the molecule is CCC(C)Br.CCC(C)N1C(=O)C2(N=C1N)c1cc(OCC3CC3)ccc1CC21CCC(OC)CC1.CCC(C)SC1=NC2(C(=O)N1C(C)CC)c1cc(OCC3CC3)ccc1CC21CCC(OC)CC1.COC1CCC2(CC1)Cc1ccc(OCC3CC3)cc1C21NC(=S)NC1=O. The minimum absolute atomic E-state index is 0.0125. The van der Waals surface area contributed by atoms with Crippen LogP contribution in [0, 0.1) is 34.0 Å². The number of thiocarbonyl (C=S) groups is 1. The maximum atomic E-state index is 14.7. The number of hydrogen-bond acceptors (Lipinski definition) is 14. The lowest BCUT2D eigenvalue weighted by Crippen LogP contribution is -2.56. The smallest absolute Gasteiger partial charge is 0.262 e. The summed E-state index contributed by atoms with van der Waals surface area (Å²) in [5.74, 6) is 5.25. The molecule has 98 heavy (non-hydrogen) atoms. The molecule has 7 unspecified atom stereocenters. The molecule has 7 atom stereocenters. The van der Waals surface area contributed by atoms with Crippen molar-refractivity contribution in [3.8, 4) is 17.2 Å². The lowest BCUT2D eigenvalue weighted by Gasteiger charge is -2.46. The van der Waals surface area contributed by atoms with Gasteiger partial charge in [-0.2, -0.15) is 0 Å². The standard InChI is InChI=1S/C29H42N2O3S.C25H35N3O3.C21H26N2O3S.C4H9Br/c1-6-19(3)31-26(32)29(30-27(31)35-20(4)7-2)25-16-24(34-18-21-8-9-21)11-10-22(25)17-28(29)14-12-23(33-5)13-15-28;1-4-16(2)28-22(29)25(27-23(28)26)21-13-20(31-15-17-5-6-17)8-7-18(21)14-24(25)11-9-19(30-3)10-12-24;1-25-15-6-8-20(9-7-15)11-14-4-5-16(26-12-13-2-3-13)10-17(14)21(20)18(24)22-19(27)23-21;1-3-4(2)5/h10-11,16,19-21,23H,6-9,12-15,17-18H2,1-5H3;7-8,13,16-17,19H,4-6,9-12,14-15H2,1-3H3,(H2,26,27);4-5,10,13,15H,2-3,6-9,11-12H2,1H3,(H2,22,23,24,27);4H,3H2,1-2H3. The summed E-state index contributed by atoms with van der Waals surface area (Å²) in [5, 5.41) is 8.05. The highest BCUT2D eigenvalue weighted by molar-refractivity contribution is 9.09. The summed E-state index contributed by atoms with van der Waals surface area (Å²) in [6.45, 7) is 19.5. The minimum Gasteiger partial charge on any atom is -0.493 e. The van der Waals surface area contributed by atoms with Crippen LogP contribution in [-0.4, -0.2) is 125 Å². The van der Waals surface area contributed by atoms with E-state index in [0.717, 1.165) is 175 Å². The number of carbonyl (C=O) groups is 3. The molecule has 16 nitrogen and oxygen atoms in total. The Hall–Kier alpha value is -4.79. The topological polar surface area (TPSA) is 188 Å². The molecule has 0 aromatic heterocycles. The van der Waals surface area contributed by atoms with Crippen molar-refractivity contribution in [2.45, 2.75) is 273 Å². The largest absolute Gasteiger partial charge is 0.493 e. The first kappa shape index (κ1) is 73.0. The molecule has 7 fully saturated rings. The van der Waals surface area contributed by atoms with E-state index in [4.69, 9.17) is 56.4 Å². The summed E-state index contributed by atoms with van der Waals surface area (Å²) >= 11 is 10.5. The number of rotatable bonds is 19. The lowest BCUT2D eigenvalue weighted by atomic mass is 9.61. The zero-order valence-electron chi connectivity index (χ0n) is 60.5. The summed E-state index contributed by atoms with van der Waals surface area (Å²) in [5.41, 5.74) is 10.1. The molecule has 1 saturated heterocycles. The Morgan fingerprint density at radius 3 is 1.31 bits per heavy atom. The van der Waals surface area contributed by atoms with Gasteiger partial charge in [0.05, 0.1) is 38.1 Å². The van der Waals surface area contributed by atoms with Gasteiger partial charge in [0.1, 0.15) is 17.2 Å². The Morgan fingerprint density at radius 2 is 0.929 bits per heavy atom. The van der Waals surface area contributed by atoms with Crippen molar-refractivity contribution >= 4 is 73.9 Å². The number of guanidine groups is 1. The number of nitrogens with two attached hydrogens (primary N) is 1. The molecule has 536 valence electrons. The maximum Gasteiger partial charge on any atom is 0.262 e. The van der Waals surface area contributed by atoms with Gasteiger partial charge in [-0.05, 0) is 274 Å². The second kappa shape index (κ2) is 29.9. The van der Waals surface area contributed by atoms with E-state index in [1.807, 2.05) is 12.0 Å². The Kier molecular flexibility index (Phi) is 22.3. The summed E-state index contributed by atoms with van der Waals surface area (Å²) in [6, 6.07) is 19.2. The Morgan fingerprint density at radius 1 is 0.551 bits per heavy atom. The number of alkyl halides is 1. The first-order valence-corrected chi connectivity index (χ1v) is 39.8. The van der Waals surface area contributed by atoms with Crippen molar-refractivity contribution in [2.24, 2.45) is 49.7 Å². The number of thioether (sulfide) groups is 1. The molecule has 3 aliphatic heterocycles. The van der Waals surface area contributed by atoms with E-state index < -0.39 is 16.6 Å². The fraction of sp³-hybridized carbons (Fsp3) is 0.696. The van der Waals surface area contributed by atoms with Crippen LogP contribution in [0.25, 0.3) is 0 Å². The van der Waals surface area contributed by atoms with E-state index in [1.54, 1.807) is 30.9 Å². The normalized spacial score (nSPS) is 32.1. The van der Waals surface area contributed by atoms with E-state index in [0.29, 0.717) is 38.9 Å². The van der Waals surface area contributed by atoms with Crippen LogP contribution in [0.1, 0.15) is 230 Å². The number of amidine groups is 1. The zero-order chi connectivity index (χ0) is 69.5. The highest BCUT2D eigenvalue weighted by atomic mass is 79.9. The van der Waals surface area contributed by atoms with Crippen LogP contribution in [0.3, 0.4) is 0 Å². The van der Waals surface area contributed by atoms with Crippen molar-refractivity contribution in [1.29, 1.82) is 0 Å². The number of methoxy groups -OCH3 is 3. The summed E-state index contributed by atoms with van der Waals surface area (Å²) < 4.78 is 35.3. The molecule has 6 spiro atoms. The number of carbonyl (C=O) groups excluding carboxylic acids is 3. The van der Waals surface area contributed by atoms with Crippen LogP contribution in [0.15, 0.2) is 64.6 Å². The molecule has 12 aliphatic rings. The average molecular weight is 1450 g/mol. The van der Waals surface area contributed by atoms with Crippen LogP contribution in [0.5, 0.6) is 17.2 Å². The van der Waals surface area contributed by atoms with Gasteiger partial charge < -0.3 is 44.8 Å². The molecule has 3 heterocycles. The number of benzene rings is 3. The van der Waals surface area contributed by atoms with Crippen LogP contribution in [0.4, 0.5) is 0 Å². The van der Waals surface area contributed by atoms with Crippen LogP contribution < -0.4 is 30.6 Å². The summed E-state index contributed by atoms with van der Waals surface area (Å²) in [4.78, 5) is 57.2. The fourth-order valence-corrected chi connectivity index (χ4v) is 19.0. The molecule has 9 aliphatic carbocycles. The van der Waals surface area contributed by atoms with E-state index >= 15 is 0 Å². The predicted molar refractivity (Wildman–Crippen MR) is 397 cm³/mol. The summed E-state index contributed by atoms with van der Waals surface area (Å²) in [7, 11) is 5.38. The molecule has 6 saturated carbocycles. The number of amides is 3. The van der Waals surface area contributed by atoms with E-state index in [1.165, 1.54) is 61.6 Å². The van der Waals surface area contributed by atoms with Gasteiger partial charge in [0.15, 0.2) is 32.9 Å². The number of fused-ring (bicyclic) bond motifs is 9. The Balaban J connectivity index is 0.000000136. The lowest BCUT2D eigenvalue weighted by molar-refractivity contribution is -0.140. The second-order valence-corrected chi connectivity index (χ2v) is 34.6. The van der Waals surface area contributed by atoms with Gasteiger partial charge in [-0.1, -0.05) is 87.4 Å². The van der Waals surface area contributed by atoms with Crippen LogP contribution >= 0.6 is 39.9 Å². The Labute approximate surface area is 602 Å². The third-order valence-electron chi connectivity index (χ3n) is 25.0. The first-order valence-electron chi connectivity index (χ1n) is 37.6. The maximum absolute atomic E-state index is 14.7. The average Bonchev–Trinajstić information content (AvgIpc) is 1.54. The number of aliphatic imine (C=N–C) groups is 2. The quantitative estimate of drug-likeness (QED) is 0.0761.